The first kappa shape index (κ1) is 18.4. The number of halogens is 2. The van der Waals surface area contributed by atoms with Crippen LogP contribution in [-0.2, 0) is 4.79 Å². The number of likely N-dealkylation sites (tertiary alicyclic amines) is 1. The van der Waals surface area contributed by atoms with Gasteiger partial charge in [0.2, 0.25) is 0 Å². The molecule has 0 aliphatic carbocycles. The molecule has 0 bridgehead atoms. The number of imide groups is 1. The monoisotopic (exact) mass is 382 g/mol. The summed E-state index contributed by atoms with van der Waals surface area (Å²) in [5.74, 6) is -0.764. The summed E-state index contributed by atoms with van der Waals surface area (Å²) in [6, 6.07) is 3.27. The molecule has 0 saturated carbocycles. The molecule has 2 fully saturated rings. The average Bonchev–Trinajstić information content (AvgIpc) is 2.81. The van der Waals surface area contributed by atoms with Crippen LogP contribution in [0.3, 0.4) is 0 Å². The molecule has 1 aromatic carbocycles. The fraction of sp³-hybridized carbons (Fsp3) is 0.471. The minimum atomic E-state index is -0.904. The van der Waals surface area contributed by atoms with Gasteiger partial charge in [0.1, 0.15) is 11.4 Å². The largest absolute Gasteiger partial charge is 0.331 e. The summed E-state index contributed by atoms with van der Waals surface area (Å²) < 4.78 is 13.3. The molecule has 2 saturated heterocycles. The summed E-state index contributed by atoms with van der Waals surface area (Å²) in [4.78, 5) is 39.1. The number of hydrogen-bond acceptors (Lipinski definition) is 3. The van der Waals surface area contributed by atoms with E-state index in [2.05, 4.69) is 10.6 Å². The van der Waals surface area contributed by atoms with Gasteiger partial charge in [-0.25, -0.2) is 14.0 Å². The molecule has 1 aromatic rings. The van der Waals surface area contributed by atoms with Crippen LogP contribution in [0.15, 0.2) is 18.2 Å². The zero-order valence-electron chi connectivity index (χ0n) is 14.5. The number of nitrogens with one attached hydrogen (secondary N) is 2. The Balaban J connectivity index is 1.59. The van der Waals surface area contributed by atoms with Gasteiger partial charge in [0.05, 0.1) is 11.1 Å². The van der Waals surface area contributed by atoms with Crippen LogP contribution < -0.4 is 10.6 Å². The Bertz CT molecular complexity index is 764. The number of hydrogen-bond donors (Lipinski definition) is 2. The van der Waals surface area contributed by atoms with E-state index in [0.717, 1.165) is 4.90 Å². The third-order valence-electron chi connectivity index (χ3n) is 5.05. The van der Waals surface area contributed by atoms with Crippen molar-refractivity contribution < 1.29 is 18.8 Å². The predicted molar refractivity (Wildman–Crippen MR) is 93.2 cm³/mol. The van der Waals surface area contributed by atoms with Crippen molar-refractivity contribution in [2.24, 2.45) is 0 Å². The molecule has 9 heteroatoms. The van der Waals surface area contributed by atoms with E-state index in [1.807, 2.05) is 0 Å². The Morgan fingerprint density at radius 3 is 2.54 bits per heavy atom. The normalized spacial score (nSPS) is 20.3. The first-order valence-corrected chi connectivity index (χ1v) is 8.72. The van der Waals surface area contributed by atoms with Crippen LogP contribution in [-0.4, -0.2) is 53.4 Å². The first-order chi connectivity index (χ1) is 12.2. The van der Waals surface area contributed by atoms with E-state index >= 15 is 0 Å². The Morgan fingerprint density at radius 2 is 2.00 bits per heavy atom. The number of piperidine rings is 1. The quantitative estimate of drug-likeness (QED) is 0.770. The van der Waals surface area contributed by atoms with Crippen LogP contribution in [0.4, 0.5) is 14.0 Å². The van der Waals surface area contributed by atoms with Crippen molar-refractivity contribution in [3.05, 3.63) is 34.6 Å². The minimum Gasteiger partial charge on any atom is -0.331 e. The Hall–Kier alpha value is -2.35. The molecule has 140 valence electrons. The maximum Gasteiger partial charge on any atom is 0.324 e. The lowest BCUT2D eigenvalue weighted by Crippen LogP contribution is -2.57. The number of carbonyl (C=O) groups is 3. The number of carbonyl (C=O) groups excluding carboxylic acids is 3. The van der Waals surface area contributed by atoms with Gasteiger partial charge in [-0.3, -0.25) is 9.69 Å². The number of amides is 5. The minimum absolute atomic E-state index is 0.00289. The molecule has 5 amide bonds. The second kappa shape index (κ2) is 6.75. The van der Waals surface area contributed by atoms with Gasteiger partial charge >= 0.3 is 12.1 Å². The van der Waals surface area contributed by atoms with E-state index in [-0.39, 0.29) is 23.0 Å². The predicted octanol–water partition coefficient (Wildman–Crippen LogP) is 2.27. The Morgan fingerprint density at radius 1 is 1.35 bits per heavy atom. The van der Waals surface area contributed by atoms with Crippen LogP contribution in [0.1, 0.15) is 31.4 Å². The maximum atomic E-state index is 13.3. The third kappa shape index (κ3) is 3.21. The molecule has 2 heterocycles. The van der Waals surface area contributed by atoms with Crippen molar-refractivity contribution in [1.82, 2.24) is 20.4 Å². The van der Waals surface area contributed by atoms with Crippen molar-refractivity contribution in [3.63, 3.8) is 0 Å². The Labute approximate surface area is 155 Å². The molecule has 2 N–H and O–H groups in total. The standard InChI is InChI=1S/C17H20ClFN4O3/c1-10(11-3-4-13(19)12(18)9-11)20-15(25)23-7-5-17(6-8-23)14(24)22(2)16(26)21-17/h3-4,9-10H,5-8H2,1-2H3,(H,20,25)(H,21,26). The number of rotatable bonds is 2. The van der Waals surface area contributed by atoms with Gasteiger partial charge in [-0.05, 0) is 37.5 Å². The van der Waals surface area contributed by atoms with Crippen LogP contribution in [0.25, 0.3) is 0 Å². The highest BCUT2D eigenvalue weighted by Crippen LogP contribution is 2.29. The molecule has 1 atom stereocenters. The Kier molecular flexibility index (Phi) is 4.79. The van der Waals surface area contributed by atoms with Crippen LogP contribution in [0.5, 0.6) is 0 Å². The number of nitrogens with zero attached hydrogens (tertiary/aromatic N) is 2. The van der Waals surface area contributed by atoms with Crippen molar-refractivity contribution in [2.75, 3.05) is 20.1 Å². The van der Waals surface area contributed by atoms with E-state index < -0.39 is 17.4 Å². The van der Waals surface area contributed by atoms with Crippen LogP contribution in [0, 0.1) is 5.82 Å². The van der Waals surface area contributed by atoms with E-state index in [1.54, 1.807) is 17.9 Å². The summed E-state index contributed by atoms with van der Waals surface area (Å²) in [5, 5.41) is 5.58. The van der Waals surface area contributed by atoms with Crippen molar-refractivity contribution >= 4 is 29.6 Å². The highest BCUT2D eigenvalue weighted by atomic mass is 35.5. The van der Waals surface area contributed by atoms with Crippen LogP contribution in [0.2, 0.25) is 5.02 Å². The second-order valence-electron chi connectivity index (χ2n) is 6.71. The summed E-state index contributed by atoms with van der Waals surface area (Å²) in [6.07, 6.45) is 0.734. The van der Waals surface area contributed by atoms with Gasteiger partial charge in [0, 0.05) is 20.1 Å². The van der Waals surface area contributed by atoms with Gasteiger partial charge in [0.15, 0.2) is 0 Å². The molecule has 3 rings (SSSR count). The van der Waals surface area contributed by atoms with E-state index in [0.29, 0.717) is 31.5 Å². The van der Waals surface area contributed by atoms with Gasteiger partial charge < -0.3 is 15.5 Å². The number of benzene rings is 1. The van der Waals surface area contributed by atoms with E-state index in [4.69, 9.17) is 11.6 Å². The highest BCUT2D eigenvalue weighted by Gasteiger charge is 2.51. The molecule has 0 aromatic heterocycles. The topological polar surface area (TPSA) is 81.8 Å². The lowest BCUT2D eigenvalue weighted by atomic mass is 9.87. The molecular weight excluding hydrogens is 363 g/mol. The average molecular weight is 383 g/mol. The highest BCUT2D eigenvalue weighted by molar-refractivity contribution is 6.30. The summed E-state index contributed by atoms with van der Waals surface area (Å²) in [6.45, 7) is 2.48. The third-order valence-corrected chi connectivity index (χ3v) is 5.34. The zero-order chi connectivity index (χ0) is 19.1. The lowest BCUT2D eigenvalue weighted by Gasteiger charge is -2.37. The molecule has 1 unspecified atom stereocenters. The molecule has 2 aliphatic heterocycles. The summed E-state index contributed by atoms with van der Waals surface area (Å²) in [7, 11) is 1.45. The molecule has 2 aliphatic rings. The number of urea groups is 2. The number of likely N-dealkylation sites (N-methyl/N-ethyl adjacent to an activating group) is 1. The fourth-order valence-corrected chi connectivity index (χ4v) is 3.52. The molecule has 26 heavy (non-hydrogen) atoms. The lowest BCUT2D eigenvalue weighted by molar-refractivity contribution is -0.131. The smallest absolute Gasteiger partial charge is 0.324 e. The molecule has 1 spiro atoms. The zero-order valence-corrected chi connectivity index (χ0v) is 15.3. The molecular formula is C17H20ClFN4O3. The van der Waals surface area contributed by atoms with E-state index in [9.17, 15) is 18.8 Å². The van der Waals surface area contributed by atoms with Crippen LogP contribution >= 0.6 is 11.6 Å². The fourth-order valence-electron chi connectivity index (χ4n) is 3.33. The summed E-state index contributed by atoms with van der Waals surface area (Å²) in [5.41, 5.74) is -0.211. The van der Waals surface area contributed by atoms with Crippen molar-refractivity contribution in [1.29, 1.82) is 0 Å². The second-order valence-corrected chi connectivity index (χ2v) is 7.12. The van der Waals surface area contributed by atoms with Gasteiger partial charge in [-0.15, -0.1) is 0 Å². The maximum absolute atomic E-state index is 13.3. The van der Waals surface area contributed by atoms with Gasteiger partial charge in [-0.2, -0.15) is 0 Å². The van der Waals surface area contributed by atoms with Gasteiger partial charge in [0.25, 0.3) is 5.91 Å². The first-order valence-electron chi connectivity index (χ1n) is 8.34. The van der Waals surface area contributed by atoms with Gasteiger partial charge in [-0.1, -0.05) is 17.7 Å². The van der Waals surface area contributed by atoms with Crippen molar-refractivity contribution in [3.8, 4) is 0 Å². The SMILES string of the molecule is CC(NC(=O)N1CCC2(CC1)NC(=O)N(C)C2=O)c1ccc(F)c(Cl)c1. The molecule has 7 nitrogen and oxygen atoms in total. The summed E-state index contributed by atoms with van der Waals surface area (Å²) >= 11 is 5.78. The van der Waals surface area contributed by atoms with Crippen molar-refractivity contribution in [2.45, 2.75) is 31.3 Å². The molecule has 0 radical (unpaired) electrons. The van der Waals surface area contributed by atoms with E-state index in [1.165, 1.54) is 19.2 Å².